The van der Waals surface area contributed by atoms with Gasteiger partial charge in [-0.25, -0.2) is 0 Å². The average Bonchev–Trinajstić information content (AvgIpc) is 3.14. The van der Waals surface area contributed by atoms with Crippen molar-refractivity contribution in [1.82, 2.24) is 10.2 Å². The minimum atomic E-state index is -0.0680. The van der Waals surface area contributed by atoms with Crippen molar-refractivity contribution in [3.05, 3.63) is 60.2 Å². The molecule has 1 saturated heterocycles. The van der Waals surface area contributed by atoms with Gasteiger partial charge in [0, 0.05) is 24.0 Å². The van der Waals surface area contributed by atoms with E-state index in [0.29, 0.717) is 17.7 Å². The van der Waals surface area contributed by atoms with Crippen LogP contribution in [0.3, 0.4) is 0 Å². The normalized spacial score (nSPS) is 15.2. The number of piperidine rings is 1. The van der Waals surface area contributed by atoms with Crippen LogP contribution < -0.4 is 5.32 Å². The van der Waals surface area contributed by atoms with Crippen LogP contribution in [0.1, 0.15) is 29.6 Å². The standard InChI is InChI=1S/C22H24N2O2/c25-22(23-12-15-24-13-5-2-6-14-24)19-11-7-10-18-16-20(26-21(18)19)17-8-3-1-4-9-17/h1,3-4,7-11,16H,2,5-6,12-15H2,(H,23,25). The third-order valence-corrected chi connectivity index (χ3v) is 5.01. The third-order valence-electron chi connectivity index (χ3n) is 5.01. The van der Waals surface area contributed by atoms with Crippen molar-refractivity contribution in [1.29, 1.82) is 0 Å². The molecule has 2 heterocycles. The molecule has 0 bridgehead atoms. The van der Waals surface area contributed by atoms with Crippen molar-refractivity contribution in [2.75, 3.05) is 26.2 Å². The fourth-order valence-electron chi connectivity index (χ4n) is 3.59. The highest BCUT2D eigenvalue weighted by Crippen LogP contribution is 2.29. The Balaban J connectivity index is 1.48. The first-order valence-electron chi connectivity index (χ1n) is 9.40. The Morgan fingerprint density at radius 2 is 1.81 bits per heavy atom. The van der Waals surface area contributed by atoms with E-state index in [-0.39, 0.29) is 5.91 Å². The van der Waals surface area contributed by atoms with E-state index < -0.39 is 0 Å². The number of fused-ring (bicyclic) bond motifs is 1. The number of furan rings is 1. The largest absolute Gasteiger partial charge is 0.455 e. The van der Waals surface area contributed by atoms with E-state index in [4.69, 9.17) is 4.42 Å². The molecule has 134 valence electrons. The van der Waals surface area contributed by atoms with Gasteiger partial charge in [-0.15, -0.1) is 0 Å². The molecule has 2 aromatic carbocycles. The molecule has 4 rings (SSSR count). The highest BCUT2D eigenvalue weighted by molar-refractivity contribution is 6.05. The van der Waals surface area contributed by atoms with E-state index >= 15 is 0 Å². The summed E-state index contributed by atoms with van der Waals surface area (Å²) in [5.74, 6) is 0.718. The average molecular weight is 348 g/mol. The van der Waals surface area contributed by atoms with Crippen LogP contribution in [0.2, 0.25) is 0 Å². The van der Waals surface area contributed by atoms with Crippen LogP contribution in [0, 0.1) is 0 Å². The summed E-state index contributed by atoms with van der Waals surface area (Å²) in [6.07, 6.45) is 3.86. The number of hydrogen-bond donors (Lipinski definition) is 1. The lowest BCUT2D eigenvalue weighted by Gasteiger charge is -2.26. The van der Waals surface area contributed by atoms with Crippen molar-refractivity contribution in [3.8, 4) is 11.3 Å². The van der Waals surface area contributed by atoms with E-state index in [1.807, 2.05) is 54.6 Å². The maximum absolute atomic E-state index is 12.7. The number of amides is 1. The zero-order chi connectivity index (χ0) is 17.8. The zero-order valence-corrected chi connectivity index (χ0v) is 14.9. The lowest BCUT2D eigenvalue weighted by molar-refractivity contribution is 0.0947. The van der Waals surface area contributed by atoms with Crippen LogP contribution in [0.4, 0.5) is 0 Å². The number of nitrogens with one attached hydrogen (secondary N) is 1. The third kappa shape index (κ3) is 3.65. The molecule has 0 unspecified atom stereocenters. The molecule has 0 radical (unpaired) electrons. The monoisotopic (exact) mass is 348 g/mol. The molecule has 26 heavy (non-hydrogen) atoms. The van der Waals surface area contributed by atoms with Crippen molar-refractivity contribution in [2.45, 2.75) is 19.3 Å². The molecule has 1 aliphatic heterocycles. The van der Waals surface area contributed by atoms with Crippen molar-refractivity contribution >= 4 is 16.9 Å². The quantitative estimate of drug-likeness (QED) is 0.747. The highest BCUT2D eigenvalue weighted by atomic mass is 16.3. The molecule has 1 aromatic heterocycles. The molecule has 1 fully saturated rings. The maximum Gasteiger partial charge on any atom is 0.255 e. The van der Waals surface area contributed by atoms with Gasteiger partial charge in [-0.1, -0.05) is 48.9 Å². The number of nitrogens with zero attached hydrogens (tertiary/aromatic N) is 1. The summed E-state index contributed by atoms with van der Waals surface area (Å²) in [4.78, 5) is 15.1. The smallest absolute Gasteiger partial charge is 0.255 e. The predicted octanol–water partition coefficient (Wildman–Crippen LogP) is 4.32. The van der Waals surface area contributed by atoms with Gasteiger partial charge >= 0.3 is 0 Å². The van der Waals surface area contributed by atoms with Gasteiger partial charge in [0.1, 0.15) is 11.3 Å². The minimum absolute atomic E-state index is 0.0680. The van der Waals surface area contributed by atoms with Gasteiger partial charge in [-0.3, -0.25) is 4.79 Å². The summed E-state index contributed by atoms with van der Waals surface area (Å²) >= 11 is 0. The molecular weight excluding hydrogens is 324 g/mol. The van der Waals surface area contributed by atoms with Gasteiger partial charge in [0.25, 0.3) is 5.91 Å². The van der Waals surface area contributed by atoms with Crippen LogP contribution in [0.25, 0.3) is 22.3 Å². The summed E-state index contributed by atoms with van der Waals surface area (Å²) in [5.41, 5.74) is 2.27. The molecule has 1 N–H and O–H groups in total. The number of para-hydroxylation sites is 1. The van der Waals surface area contributed by atoms with Crippen LogP contribution >= 0.6 is 0 Å². The first-order valence-corrected chi connectivity index (χ1v) is 9.40. The van der Waals surface area contributed by atoms with Crippen LogP contribution in [0.5, 0.6) is 0 Å². The summed E-state index contributed by atoms with van der Waals surface area (Å²) in [7, 11) is 0. The minimum Gasteiger partial charge on any atom is -0.455 e. The summed E-state index contributed by atoms with van der Waals surface area (Å²) < 4.78 is 6.03. The Labute approximate surface area is 153 Å². The van der Waals surface area contributed by atoms with E-state index in [0.717, 1.165) is 36.3 Å². The molecule has 1 aliphatic rings. The highest BCUT2D eigenvalue weighted by Gasteiger charge is 2.16. The van der Waals surface area contributed by atoms with E-state index in [1.165, 1.54) is 19.3 Å². The number of hydrogen-bond acceptors (Lipinski definition) is 3. The topological polar surface area (TPSA) is 45.5 Å². The summed E-state index contributed by atoms with van der Waals surface area (Å²) in [5, 5.41) is 4.00. The molecule has 0 aliphatic carbocycles. The van der Waals surface area contributed by atoms with Crippen LogP contribution in [-0.4, -0.2) is 37.0 Å². The number of carbonyl (C=O) groups excluding carboxylic acids is 1. The van der Waals surface area contributed by atoms with Gasteiger partial charge in [0.15, 0.2) is 0 Å². The molecule has 3 aromatic rings. The Morgan fingerprint density at radius 1 is 1.00 bits per heavy atom. The van der Waals surface area contributed by atoms with Crippen molar-refractivity contribution in [2.24, 2.45) is 0 Å². The number of rotatable bonds is 5. The Morgan fingerprint density at radius 3 is 2.62 bits per heavy atom. The predicted molar refractivity (Wildman–Crippen MR) is 104 cm³/mol. The van der Waals surface area contributed by atoms with E-state index in [2.05, 4.69) is 10.2 Å². The molecular formula is C22H24N2O2. The molecule has 0 atom stereocenters. The van der Waals surface area contributed by atoms with Gasteiger partial charge in [-0.2, -0.15) is 0 Å². The molecule has 4 nitrogen and oxygen atoms in total. The molecule has 0 spiro atoms. The second-order valence-corrected chi connectivity index (χ2v) is 6.86. The van der Waals surface area contributed by atoms with Gasteiger partial charge in [0.05, 0.1) is 5.56 Å². The number of likely N-dealkylation sites (tertiary alicyclic amines) is 1. The fraction of sp³-hybridized carbons (Fsp3) is 0.318. The maximum atomic E-state index is 12.7. The Bertz CT molecular complexity index is 880. The van der Waals surface area contributed by atoms with E-state index in [9.17, 15) is 4.79 Å². The van der Waals surface area contributed by atoms with Crippen molar-refractivity contribution < 1.29 is 9.21 Å². The second kappa shape index (κ2) is 7.75. The second-order valence-electron chi connectivity index (χ2n) is 6.86. The van der Waals surface area contributed by atoms with Gasteiger partial charge < -0.3 is 14.6 Å². The van der Waals surface area contributed by atoms with Crippen LogP contribution in [-0.2, 0) is 0 Å². The van der Waals surface area contributed by atoms with E-state index in [1.54, 1.807) is 0 Å². The summed E-state index contributed by atoms with van der Waals surface area (Å²) in [6, 6.07) is 17.7. The zero-order valence-electron chi connectivity index (χ0n) is 14.9. The van der Waals surface area contributed by atoms with Crippen LogP contribution in [0.15, 0.2) is 59.0 Å². The number of carbonyl (C=O) groups is 1. The molecule has 4 heteroatoms. The SMILES string of the molecule is O=C(NCCN1CCCCC1)c1cccc2cc(-c3ccccc3)oc12. The van der Waals surface area contributed by atoms with Gasteiger partial charge in [-0.05, 0) is 38.1 Å². The first kappa shape index (κ1) is 16.9. The Kier molecular flexibility index (Phi) is 5.02. The lowest BCUT2D eigenvalue weighted by atomic mass is 10.1. The lowest BCUT2D eigenvalue weighted by Crippen LogP contribution is -2.37. The van der Waals surface area contributed by atoms with Crippen molar-refractivity contribution in [3.63, 3.8) is 0 Å². The fourth-order valence-corrected chi connectivity index (χ4v) is 3.59. The van der Waals surface area contributed by atoms with Gasteiger partial charge in [0.2, 0.25) is 0 Å². The molecule has 1 amide bonds. The Hall–Kier alpha value is -2.59. The number of benzene rings is 2. The molecule has 0 saturated carbocycles. The first-order chi connectivity index (χ1) is 12.8. The summed E-state index contributed by atoms with van der Waals surface area (Å²) in [6.45, 7) is 3.87.